The lowest BCUT2D eigenvalue weighted by Gasteiger charge is -2.23. The zero-order chi connectivity index (χ0) is 13.0. The van der Waals surface area contributed by atoms with Crippen LogP contribution in [0.4, 0.5) is 11.4 Å². The fourth-order valence-electron chi connectivity index (χ4n) is 2.31. The predicted molar refractivity (Wildman–Crippen MR) is 72.6 cm³/mol. The number of fused-ring (bicyclic) bond motifs is 1. The van der Waals surface area contributed by atoms with Crippen LogP contribution in [0.1, 0.15) is 25.3 Å². The van der Waals surface area contributed by atoms with Gasteiger partial charge in [-0.15, -0.1) is 0 Å². The van der Waals surface area contributed by atoms with E-state index in [2.05, 4.69) is 0 Å². The minimum absolute atomic E-state index is 0.179. The highest BCUT2D eigenvalue weighted by Gasteiger charge is 2.21. The van der Waals surface area contributed by atoms with Crippen molar-refractivity contribution >= 4 is 17.3 Å². The molecule has 0 bridgehead atoms. The average Bonchev–Trinajstić information content (AvgIpc) is 2.49. The van der Waals surface area contributed by atoms with Gasteiger partial charge in [0.05, 0.1) is 6.61 Å². The molecule has 0 radical (unpaired) electrons. The van der Waals surface area contributed by atoms with E-state index in [9.17, 15) is 4.79 Å². The fraction of sp³-hybridized carbons (Fsp3) is 0.500. The second-order valence-electron chi connectivity index (χ2n) is 4.48. The molecule has 2 rings (SSSR count). The van der Waals surface area contributed by atoms with E-state index >= 15 is 0 Å². The Morgan fingerprint density at radius 1 is 1.39 bits per heavy atom. The zero-order valence-corrected chi connectivity index (χ0v) is 10.8. The molecule has 2 N–H and O–H groups in total. The third-order valence-corrected chi connectivity index (χ3v) is 3.20. The van der Waals surface area contributed by atoms with E-state index in [1.54, 1.807) is 0 Å². The smallest absolute Gasteiger partial charge is 0.227 e. The van der Waals surface area contributed by atoms with Crippen molar-refractivity contribution in [3.63, 3.8) is 0 Å². The number of nitrogen functional groups attached to an aromatic ring is 1. The van der Waals surface area contributed by atoms with Gasteiger partial charge in [-0.05, 0) is 43.5 Å². The minimum Gasteiger partial charge on any atom is -0.399 e. The molecule has 1 aliphatic heterocycles. The van der Waals surface area contributed by atoms with Gasteiger partial charge in [-0.2, -0.15) is 0 Å². The van der Waals surface area contributed by atoms with Crippen LogP contribution in [-0.4, -0.2) is 25.7 Å². The molecule has 18 heavy (non-hydrogen) atoms. The maximum absolute atomic E-state index is 12.1. The van der Waals surface area contributed by atoms with Gasteiger partial charge in [0.1, 0.15) is 0 Å². The van der Waals surface area contributed by atoms with Crippen LogP contribution >= 0.6 is 0 Å². The van der Waals surface area contributed by atoms with Crippen molar-refractivity contribution < 1.29 is 9.53 Å². The highest BCUT2D eigenvalue weighted by Crippen LogP contribution is 2.28. The van der Waals surface area contributed by atoms with E-state index in [0.717, 1.165) is 29.8 Å². The molecule has 98 valence electrons. The van der Waals surface area contributed by atoms with Gasteiger partial charge in [-0.25, -0.2) is 0 Å². The summed E-state index contributed by atoms with van der Waals surface area (Å²) in [7, 11) is 0. The number of hydrogen-bond acceptors (Lipinski definition) is 3. The predicted octanol–water partition coefficient (Wildman–Crippen LogP) is 1.97. The number of anilines is 2. The Labute approximate surface area is 108 Å². The van der Waals surface area contributed by atoms with Gasteiger partial charge in [0.25, 0.3) is 0 Å². The quantitative estimate of drug-likeness (QED) is 0.654. The molecule has 4 nitrogen and oxygen atoms in total. The number of nitrogens with two attached hydrogens (primary N) is 1. The first-order valence-corrected chi connectivity index (χ1v) is 6.49. The first-order valence-electron chi connectivity index (χ1n) is 6.49. The number of hydrogen-bond donors (Lipinski definition) is 1. The van der Waals surface area contributed by atoms with E-state index in [-0.39, 0.29) is 5.91 Å². The molecule has 1 aromatic rings. The Hall–Kier alpha value is -1.55. The molecule has 1 amide bonds. The monoisotopic (exact) mass is 248 g/mol. The van der Waals surface area contributed by atoms with E-state index < -0.39 is 0 Å². The number of aryl methyl sites for hydroxylation is 1. The molecule has 1 aliphatic rings. The largest absolute Gasteiger partial charge is 0.399 e. The van der Waals surface area contributed by atoms with E-state index in [1.807, 2.05) is 30.0 Å². The lowest BCUT2D eigenvalue weighted by atomic mass is 10.1. The molecular formula is C14H20N2O2. The van der Waals surface area contributed by atoms with E-state index in [1.165, 1.54) is 0 Å². The van der Waals surface area contributed by atoms with Crippen molar-refractivity contribution in [1.82, 2.24) is 0 Å². The molecule has 0 saturated heterocycles. The van der Waals surface area contributed by atoms with Crippen LogP contribution in [0.5, 0.6) is 0 Å². The third-order valence-electron chi connectivity index (χ3n) is 3.20. The number of carbonyl (C=O) groups excluding carboxylic acids is 1. The molecule has 0 aromatic heterocycles. The minimum atomic E-state index is 0.179. The Morgan fingerprint density at radius 3 is 3.00 bits per heavy atom. The van der Waals surface area contributed by atoms with E-state index in [4.69, 9.17) is 10.5 Å². The Kier molecular flexibility index (Phi) is 4.20. The van der Waals surface area contributed by atoms with Crippen LogP contribution in [0.15, 0.2) is 18.2 Å². The summed E-state index contributed by atoms with van der Waals surface area (Å²) in [5.41, 5.74) is 8.72. The van der Waals surface area contributed by atoms with Gasteiger partial charge in [-0.3, -0.25) is 4.79 Å². The number of amides is 1. The summed E-state index contributed by atoms with van der Waals surface area (Å²) in [6.07, 6.45) is 2.40. The van der Waals surface area contributed by atoms with Gasteiger partial charge >= 0.3 is 0 Å². The van der Waals surface area contributed by atoms with Crippen LogP contribution in [0.2, 0.25) is 0 Å². The molecule has 0 aliphatic carbocycles. The standard InChI is InChI=1S/C14H20N2O2/c1-2-18-9-8-16-13-7-6-12(15)10-11(13)4-3-5-14(16)17/h6-7,10H,2-5,8-9,15H2,1H3. The molecular weight excluding hydrogens is 228 g/mol. The number of carbonyl (C=O) groups is 1. The first kappa shape index (κ1) is 12.9. The van der Waals surface area contributed by atoms with Crippen molar-refractivity contribution in [3.05, 3.63) is 23.8 Å². The van der Waals surface area contributed by atoms with Gasteiger partial charge in [-0.1, -0.05) is 0 Å². The third kappa shape index (κ3) is 2.82. The summed E-state index contributed by atoms with van der Waals surface area (Å²) in [6, 6.07) is 5.77. The number of benzene rings is 1. The maximum Gasteiger partial charge on any atom is 0.227 e. The van der Waals surface area contributed by atoms with Gasteiger partial charge < -0.3 is 15.4 Å². The Balaban J connectivity index is 2.23. The van der Waals surface area contributed by atoms with Crippen molar-refractivity contribution in [1.29, 1.82) is 0 Å². The molecule has 1 heterocycles. The number of ether oxygens (including phenoxy) is 1. The lowest BCUT2D eigenvalue weighted by Crippen LogP contribution is -2.33. The Morgan fingerprint density at radius 2 is 2.22 bits per heavy atom. The SMILES string of the molecule is CCOCCN1C(=O)CCCc2cc(N)ccc21. The molecule has 0 fully saturated rings. The summed E-state index contributed by atoms with van der Waals surface area (Å²) < 4.78 is 5.35. The lowest BCUT2D eigenvalue weighted by molar-refractivity contribution is -0.118. The summed E-state index contributed by atoms with van der Waals surface area (Å²) >= 11 is 0. The van der Waals surface area contributed by atoms with Crippen LogP contribution < -0.4 is 10.6 Å². The number of rotatable bonds is 4. The van der Waals surface area contributed by atoms with E-state index in [0.29, 0.717) is 26.2 Å². The Bertz CT molecular complexity index is 432. The summed E-state index contributed by atoms with van der Waals surface area (Å²) in [5.74, 6) is 0.179. The van der Waals surface area contributed by atoms with Crippen LogP contribution in [-0.2, 0) is 16.0 Å². The molecule has 4 heteroatoms. The highest BCUT2D eigenvalue weighted by molar-refractivity contribution is 5.95. The molecule has 1 aromatic carbocycles. The summed E-state index contributed by atoms with van der Waals surface area (Å²) in [4.78, 5) is 13.9. The van der Waals surface area contributed by atoms with Crippen LogP contribution in [0.3, 0.4) is 0 Å². The fourth-order valence-corrected chi connectivity index (χ4v) is 2.31. The topological polar surface area (TPSA) is 55.6 Å². The van der Waals surface area contributed by atoms with Crippen molar-refractivity contribution in [2.24, 2.45) is 0 Å². The van der Waals surface area contributed by atoms with Crippen LogP contribution in [0.25, 0.3) is 0 Å². The molecule has 0 unspecified atom stereocenters. The zero-order valence-electron chi connectivity index (χ0n) is 10.8. The van der Waals surface area contributed by atoms with Gasteiger partial charge in [0.2, 0.25) is 5.91 Å². The summed E-state index contributed by atoms with van der Waals surface area (Å²) in [5, 5.41) is 0. The maximum atomic E-state index is 12.1. The highest BCUT2D eigenvalue weighted by atomic mass is 16.5. The first-order chi connectivity index (χ1) is 8.72. The van der Waals surface area contributed by atoms with Crippen LogP contribution in [0, 0.1) is 0 Å². The molecule has 0 atom stereocenters. The van der Waals surface area contributed by atoms with Gasteiger partial charge in [0.15, 0.2) is 0 Å². The van der Waals surface area contributed by atoms with Crippen molar-refractivity contribution in [3.8, 4) is 0 Å². The van der Waals surface area contributed by atoms with Gasteiger partial charge in [0, 0.05) is 30.9 Å². The second kappa shape index (κ2) is 5.87. The normalized spacial score (nSPS) is 15.4. The van der Waals surface area contributed by atoms with Crippen molar-refractivity contribution in [2.45, 2.75) is 26.2 Å². The second-order valence-corrected chi connectivity index (χ2v) is 4.48. The average molecular weight is 248 g/mol. The molecule has 0 saturated carbocycles. The number of nitrogens with zero attached hydrogens (tertiary/aromatic N) is 1. The summed E-state index contributed by atoms with van der Waals surface area (Å²) in [6.45, 7) is 3.82. The molecule has 0 spiro atoms. The van der Waals surface area contributed by atoms with Crippen molar-refractivity contribution in [2.75, 3.05) is 30.4 Å².